The van der Waals surface area contributed by atoms with Gasteiger partial charge in [0.25, 0.3) is 5.91 Å². The largest absolute Gasteiger partial charge is 0.319 e. The molecule has 4 heteroatoms. The second-order valence-electron chi connectivity index (χ2n) is 4.24. The van der Waals surface area contributed by atoms with Crippen molar-refractivity contribution in [2.45, 2.75) is 26.2 Å². The van der Waals surface area contributed by atoms with Crippen molar-refractivity contribution in [2.75, 3.05) is 5.32 Å². The van der Waals surface area contributed by atoms with Crippen LogP contribution in [0.3, 0.4) is 0 Å². The second-order valence-corrected chi connectivity index (χ2v) is 4.24. The van der Waals surface area contributed by atoms with E-state index in [1.165, 1.54) is 18.4 Å². The lowest BCUT2D eigenvalue weighted by atomic mass is 10.1. The van der Waals surface area contributed by atoms with Crippen LogP contribution >= 0.6 is 0 Å². The summed E-state index contributed by atoms with van der Waals surface area (Å²) in [5.74, 6) is -0.113. The highest BCUT2D eigenvalue weighted by Crippen LogP contribution is 2.10. The molecule has 94 valence electrons. The number of H-pyrrole nitrogens is 1. The molecule has 0 aliphatic rings. The third-order valence-electron chi connectivity index (χ3n) is 2.79. The standard InChI is InChI=1S/C14H17N3O/c1-2-3-4-11-5-7-12(8-6-11)14(18)17-13-9-15-16-10-13/h5-10H,2-4H2,1H3,(H,15,16)(H,17,18). The number of hydrogen-bond donors (Lipinski definition) is 2. The molecule has 1 amide bonds. The van der Waals surface area contributed by atoms with Gasteiger partial charge in [-0.05, 0) is 30.5 Å². The number of hydrogen-bond acceptors (Lipinski definition) is 2. The zero-order valence-corrected chi connectivity index (χ0v) is 10.4. The van der Waals surface area contributed by atoms with Gasteiger partial charge in [0, 0.05) is 11.8 Å². The minimum Gasteiger partial charge on any atom is -0.319 e. The van der Waals surface area contributed by atoms with Crippen LogP contribution in [0.2, 0.25) is 0 Å². The van der Waals surface area contributed by atoms with Gasteiger partial charge < -0.3 is 5.32 Å². The lowest BCUT2D eigenvalue weighted by Gasteiger charge is -2.04. The van der Waals surface area contributed by atoms with E-state index >= 15 is 0 Å². The van der Waals surface area contributed by atoms with E-state index in [9.17, 15) is 4.79 Å². The summed E-state index contributed by atoms with van der Waals surface area (Å²) in [6, 6.07) is 7.75. The molecule has 0 bridgehead atoms. The number of unbranched alkanes of at least 4 members (excludes halogenated alkanes) is 1. The summed E-state index contributed by atoms with van der Waals surface area (Å²) in [6.07, 6.45) is 6.66. The fourth-order valence-corrected chi connectivity index (χ4v) is 1.73. The van der Waals surface area contributed by atoms with E-state index < -0.39 is 0 Å². The van der Waals surface area contributed by atoms with Crippen LogP contribution in [0.15, 0.2) is 36.7 Å². The van der Waals surface area contributed by atoms with Gasteiger partial charge in [0.2, 0.25) is 0 Å². The number of aromatic nitrogens is 2. The van der Waals surface area contributed by atoms with Crippen LogP contribution in [0.1, 0.15) is 35.7 Å². The molecule has 0 unspecified atom stereocenters. The molecular formula is C14H17N3O. The van der Waals surface area contributed by atoms with Crippen LogP contribution in [-0.2, 0) is 6.42 Å². The Labute approximate surface area is 106 Å². The maximum Gasteiger partial charge on any atom is 0.255 e. The van der Waals surface area contributed by atoms with Crippen molar-refractivity contribution in [3.63, 3.8) is 0 Å². The van der Waals surface area contributed by atoms with E-state index in [0.717, 1.165) is 6.42 Å². The molecule has 2 N–H and O–H groups in total. The highest BCUT2D eigenvalue weighted by Gasteiger charge is 2.06. The van der Waals surface area contributed by atoms with Crippen molar-refractivity contribution in [1.29, 1.82) is 0 Å². The fraction of sp³-hybridized carbons (Fsp3) is 0.286. The Morgan fingerprint density at radius 3 is 2.72 bits per heavy atom. The number of amides is 1. The minimum atomic E-state index is -0.113. The maximum absolute atomic E-state index is 11.9. The minimum absolute atomic E-state index is 0.113. The molecule has 1 heterocycles. The fourth-order valence-electron chi connectivity index (χ4n) is 1.73. The predicted molar refractivity (Wildman–Crippen MR) is 71.6 cm³/mol. The Hall–Kier alpha value is -2.10. The zero-order chi connectivity index (χ0) is 12.8. The summed E-state index contributed by atoms with van der Waals surface area (Å²) in [7, 11) is 0. The first-order valence-corrected chi connectivity index (χ1v) is 6.18. The van der Waals surface area contributed by atoms with Gasteiger partial charge in [-0.15, -0.1) is 0 Å². The quantitative estimate of drug-likeness (QED) is 0.848. The van der Waals surface area contributed by atoms with Crippen LogP contribution in [0.5, 0.6) is 0 Å². The smallest absolute Gasteiger partial charge is 0.255 e. The third kappa shape index (κ3) is 3.20. The molecule has 0 fully saturated rings. The van der Waals surface area contributed by atoms with Gasteiger partial charge in [-0.25, -0.2) is 0 Å². The molecule has 1 aromatic carbocycles. The molecule has 0 saturated heterocycles. The number of benzene rings is 1. The van der Waals surface area contributed by atoms with E-state index in [4.69, 9.17) is 0 Å². The SMILES string of the molecule is CCCCc1ccc(C(=O)Nc2cn[nH]c2)cc1. The number of nitrogens with zero attached hydrogens (tertiary/aromatic N) is 1. The summed E-state index contributed by atoms with van der Waals surface area (Å²) in [6.45, 7) is 2.17. The highest BCUT2D eigenvalue weighted by molar-refractivity contribution is 6.04. The summed E-state index contributed by atoms with van der Waals surface area (Å²) in [5, 5.41) is 9.20. The molecule has 1 aromatic heterocycles. The number of carbonyl (C=O) groups is 1. The number of aryl methyl sites for hydroxylation is 1. The van der Waals surface area contributed by atoms with E-state index in [1.54, 1.807) is 12.4 Å². The molecule has 0 spiro atoms. The van der Waals surface area contributed by atoms with Crippen molar-refractivity contribution in [3.8, 4) is 0 Å². The molecule has 18 heavy (non-hydrogen) atoms. The number of aromatic amines is 1. The van der Waals surface area contributed by atoms with Crippen molar-refractivity contribution >= 4 is 11.6 Å². The molecule has 0 aliphatic heterocycles. The molecule has 0 saturated carbocycles. The van der Waals surface area contributed by atoms with Crippen LogP contribution < -0.4 is 5.32 Å². The Morgan fingerprint density at radius 2 is 2.11 bits per heavy atom. The van der Waals surface area contributed by atoms with Crippen molar-refractivity contribution in [3.05, 3.63) is 47.8 Å². The van der Waals surface area contributed by atoms with E-state index in [1.807, 2.05) is 24.3 Å². The van der Waals surface area contributed by atoms with Crippen LogP contribution in [-0.4, -0.2) is 16.1 Å². The van der Waals surface area contributed by atoms with Crippen LogP contribution in [0.25, 0.3) is 0 Å². The van der Waals surface area contributed by atoms with Crippen LogP contribution in [0, 0.1) is 0 Å². The van der Waals surface area contributed by atoms with Gasteiger partial charge in [-0.1, -0.05) is 25.5 Å². The Morgan fingerprint density at radius 1 is 1.33 bits per heavy atom. The van der Waals surface area contributed by atoms with Crippen molar-refractivity contribution < 1.29 is 4.79 Å². The molecule has 0 atom stereocenters. The molecule has 0 radical (unpaired) electrons. The van der Waals surface area contributed by atoms with Crippen LogP contribution in [0.4, 0.5) is 5.69 Å². The first-order chi connectivity index (χ1) is 8.79. The third-order valence-corrected chi connectivity index (χ3v) is 2.79. The van der Waals surface area contributed by atoms with Gasteiger partial charge in [-0.3, -0.25) is 9.89 Å². The Bertz CT molecular complexity index is 488. The molecule has 2 aromatic rings. The second kappa shape index (κ2) is 6.00. The average molecular weight is 243 g/mol. The average Bonchev–Trinajstić information content (AvgIpc) is 2.89. The van der Waals surface area contributed by atoms with E-state index in [0.29, 0.717) is 11.3 Å². The molecule has 2 rings (SSSR count). The Kier molecular flexibility index (Phi) is 4.12. The zero-order valence-electron chi connectivity index (χ0n) is 10.4. The number of carbonyl (C=O) groups excluding carboxylic acids is 1. The van der Waals surface area contributed by atoms with Gasteiger partial charge in [0.1, 0.15) is 0 Å². The predicted octanol–water partition coefficient (Wildman–Crippen LogP) is 3.00. The van der Waals surface area contributed by atoms with Gasteiger partial charge in [-0.2, -0.15) is 5.10 Å². The molecular weight excluding hydrogens is 226 g/mol. The summed E-state index contributed by atoms with van der Waals surface area (Å²) >= 11 is 0. The number of anilines is 1. The van der Waals surface area contributed by atoms with Gasteiger partial charge in [0.05, 0.1) is 11.9 Å². The van der Waals surface area contributed by atoms with E-state index in [2.05, 4.69) is 22.4 Å². The Balaban J connectivity index is 1.98. The molecule has 0 aliphatic carbocycles. The van der Waals surface area contributed by atoms with Crippen molar-refractivity contribution in [2.24, 2.45) is 0 Å². The van der Waals surface area contributed by atoms with E-state index in [-0.39, 0.29) is 5.91 Å². The first-order valence-electron chi connectivity index (χ1n) is 6.18. The maximum atomic E-state index is 11.9. The molecule has 4 nitrogen and oxygen atoms in total. The number of rotatable bonds is 5. The summed E-state index contributed by atoms with van der Waals surface area (Å²) < 4.78 is 0. The van der Waals surface area contributed by atoms with Crippen molar-refractivity contribution in [1.82, 2.24) is 10.2 Å². The summed E-state index contributed by atoms with van der Waals surface area (Å²) in [5.41, 5.74) is 2.61. The lowest BCUT2D eigenvalue weighted by molar-refractivity contribution is 0.102. The first kappa shape index (κ1) is 12.4. The van der Waals surface area contributed by atoms with Gasteiger partial charge in [0.15, 0.2) is 0 Å². The number of nitrogens with one attached hydrogen (secondary N) is 2. The highest BCUT2D eigenvalue weighted by atomic mass is 16.1. The topological polar surface area (TPSA) is 57.8 Å². The normalized spacial score (nSPS) is 10.3. The van der Waals surface area contributed by atoms with Gasteiger partial charge >= 0.3 is 0 Å². The summed E-state index contributed by atoms with van der Waals surface area (Å²) in [4.78, 5) is 11.9. The monoisotopic (exact) mass is 243 g/mol. The lowest BCUT2D eigenvalue weighted by Crippen LogP contribution is -2.11.